The van der Waals surface area contributed by atoms with E-state index >= 15 is 0 Å². The lowest BCUT2D eigenvalue weighted by Gasteiger charge is -2.20. The van der Waals surface area contributed by atoms with E-state index in [9.17, 15) is 4.79 Å². The number of para-hydroxylation sites is 2. The number of pyridine rings is 1. The summed E-state index contributed by atoms with van der Waals surface area (Å²) in [4.78, 5) is 17.8. The van der Waals surface area contributed by atoms with Crippen LogP contribution in [0.3, 0.4) is 0 Å². The molecule has 0 bridgehead atoms. The fraction of sp³-hybridized carbons (Fsp3) is 0.222. The first kappa shape index (κ1) is 21.5. The van der Waals surface area contributed by atoms with Gasteiger partial charge in [-0.15, -0.1) is 0 Å². The largest absolute Gasteiger partial charge is 0.321 e. The van der Waals surface area contributed by atoms with Crippen LogP contribution in [0.15, 0.2) is 79.3 Å². The van der Waals surface area contributed by atoms with Crippen LogP contribution in [0.1, 0.15) is 61.0 Å². The highest BCUT2D eigenvalue weighted by atomic mass is 16.1. The van der Waals surface area contributed by atoms with E-state index in [1.54, 1.807) is 23.3 Å². The predicted octanol–water partition coefficient (Wildman–Crippen LogP) is 6.43. The molecule has 2 aromatic heterocycles. The molecular weight excluding hydrogens is 396 g/mol. The Hall–Kier alpha value is -3.73. The third kappa shape index (κ3) is 4.33. The van der Waals surface area contributed by atoms with Gasteiger partial charge in [-0.3, -0.25) is 9.78 Å². The lowest BCUT2D eigenvalue weighted by atomic mass is 9.92. The summed E-state index contributed by atoms with van der Waals surface area (Å²) in [6.45, 7) is 8.57. The maximum Gasteiger partial charge on any atom is 0.259 e. The third-order valence-electron chi connectivity index (χ3n) is 5.53. The molecule has 162 valence electrons. The summed E-state index contributed by atoms with van der Waals surface area (Å²) in [5, 5.41) is 7.96. The van der Waals surface area contributed by atoms with Crippen LogP contribution in [0.2, 0.25) is 0 Å². The highest BCUT2D eigenvalue weighted by molar-refractivity contribution is 6.08. The minimum Gasteiger partial charge on any atom is -0.321 e. The first-order valence-electron chi connectivity index (χ1n) is 11.0. The van der Waals surface area contributed by atoms with Gasteiger partial charge in [0.1, 0.15) is 5.69 Å². The van der Waals surface area contributed by atoms with Crippen molar-refractivity contribution in [3.63, 3.8) is 0 Å². The number of anilines is 1. The number of benzene rings is 2. The summed E-state index contributed by atoms with van der Waals surface area (Å²) in [5.41, 5.74) is 5.95. The molecule has 0 aliphatic carbocycles. The topological polar surface area (TPSA) is 59.8 Å². The van der Waals surface area contributed by atoms with E-state index in [0.717, 1.165) is 28.1 Å². The van der Waals surface area contributed by atoms with Crippen LogP contribution in [0.5, 0.6) is 0 Å². The first-order valence-corrected chi connectivity index (χ1v) is 11.0. The molecule has 0 radical (unpaired) electrons. The molecule has 1 N–H and O–H groups in total. The van der Waals surface area contributed by atoms with Crippen molar-refractivity contribution < 1.29 is 4.79 Å². The second kappa shape index (κ2) is 9.18. The van der Waals surface area contributed by atoms with Gasteiger partial charge in [0.2, 0.25) is 0 Å². The molecule has 0 saturated heterocycles. The standard InChI is InChI=1S/C27H28N4O/c1-18(2)22-13-8-14-23(19(3)4)26(22)29-27(32)24-17-31(21-11-6-5-7-12-21)30-25(24)20-10-9-15-28-16-20/h5-19H,1-4H3,(H,29,32). The Morgan fingerprint density at radius 1 is 0.875 bits per heavy atom. The molecular formula is C27H28N4O. The summed E-state index contributed by atoms with van der Waals surface area (Å²) < 4.78 is 1.74. The Labute approximate surface area is 189 Å². The van der Waals surface area contributed by atoms with Crippen LogP contribution in [-0.4, -0.2) is 20.7 Å². The SMILES string of the molecule is CC(C)c1cccc(C(C)C)c1NC(=O)c1cn(-c2ccccc2)nc1-c1cccnc1. The Kier molecular flexibility index (Phi) is 6.17. The first-order chi connectivity index (χ1) is 15.5. The molecule has 5 heteroatoms. The third-order valence-corrected chi connectivity index (χ3v) is 5.53. The summed E-state index contributed by atoms with van der Waals surface area (Å²) in [6, 6.07) is 19.8. The van der Waals surface area contributed by atoms with E-state index in [-0.39, 0.29) is 17.7 Å². The van der Waals surface area contributed by atoms with E-state index < -0.39 is 0 Å². The molecule has 2 heterocycles. The fourth-order valence-electron chi connectivity index (χ4n) is 3.85. The van der Waals surface area contributed by atoms with Gasteiger partial charge in [0.25, 0.3) is 5.91 Å². The van der Waals surface area contributed by atoms with Crippen LogP contribution >= 0.6 is 0 Å². The second-order valence-corrected chi connectivity index (χ2v) is 8.49. The molecule has 1 amide bonds. The van der Waals surface area contributed by atoms with Crippen molar-refractivity contribution in [2.75, 3.05) is 5.32 Å². The van der Waals surface area contributed by atoms with Gasteiger partial charge in [-0.2, -0.15) is 5.10 Å². The zero-order valence-corrected chi connectivity index (χ0v) is 18.9. The molecule has 0 unspecified atom stereocenters. The number of hydrogen-bond acceptors (Lipinski definition) is 3. The quantitative estimate of drug-likeness (QED) is 0.388. The molecule has 2 aromatic carbocycles. The van der Waals surface area contributed by atoms with Crippen LogP contribution in [0, 0.1) is 0 Å². The van der Waals surface area contributed by atoms with Gasteiger partial charge in [-0.1, -0.05) is 64.1 Å². The number of nitrogens with one attached hydrogen (secondary N) is 1. The fourth-order valence-corrected chi connectivity index (χ4v) is 3.85. The van der Waals surface area contributed by atoms with E-state index in [1.165, 1.54) is 0 Å². The molecule has 4 aromatic rings. The van der Waals surface area contributed by atoms with Crippen molar-refractivity contribution in [1.29, 1.82) is 0 Å². The van der Waals surface area contributed by atoms with Gasteiger partial charge in [0, 0.05) is 29.8 Å². The van der Waals surface area contributed by atoms with Gasteiger partial charge in [0.05, 0.1) is 11.3 Å². The number of carbonyl (C=O) groups excluding carboxylic acids is 1. The van der Waals surface area contributed by atoms with Crippen LogP contribution in [0.4, 0.5) is 5.69 Å². The van der Waals surface area contributed by atoms with E-state index in [0.29, 0.717) is 11.3 Å². The van der Waals surface area contributed by atoms with Crippen molar-refractivity contribution in [1.82, 2.24) is 14.8 Å². The Bertz CT molecular complexity index is 1180. The Balaban J connectivity index is 1.80. The molecule has 0 atom stereocenters. The summed E-state index contributed by atoms with van der Waals surface area (Å²) in [5.74, 6) is 0.392. The van der Waals surface area contributed by atoms with E-state index in [4.69, 9.17) is 5.10 Å². The van der Waals surface area contributed by atoms with E-state index in [2.05, 4.69) is 56.2 Å². The van der Waals surface area contributed by atoms with Gasteiger partial charge in [-0.25, -0.2) is 4.68 Å². The van der Waals surface area contributed by atoms with Crippen molar-refractivity contribution in [3.05, 3.63) is 95.9 Å². The molecule has 0 aliphatic heterocycles. The van der Waals surface area contributed by atoms with Gasteiger partial charge < -0.3 is 5.32 Å². The molecule has 32 heavy (non-hydrogen) atoms. The summed E-state index contributed by atoms with van der Waals surface area (Å²) in [6.07, 6.45) is 5.24. The highest BCUT2D eigenvalue weighted by Crippen LogP contribution is 2.33. The van der Waals surface area contributed by atoms with Gasteiger partial charge in [0.15, 0.2) is 0 Å². The summed E-state index contributed by atoms with van der Waals surface area (Å²) in [7, 11) is 0. The Morgan fingerprint density at radius 2 is 1.56 bits per heavy atom. The normalized spacial score (nSPS) is 11.2. The second-order valence-electron chi connectivity index (χ2n) is 8.49. The van der Waals surface area contributed by atoms with Gasteiger partial charge >= 0.3 is 0 Å². The lowest BCUT2D eigenvalue weighted by Crippen LogP contribution is -2.16. The smallest absolute Gasteiger partial charge is 0.259 e. The van der Waals surface area contributed by atoms with Crippen LogP contribution in [-0.2, 0) is 0 Å². The number of hydrogen-bond donors (Lipinski definition) is 1. The summed E-state index contributed by atoms with van der Waals surface area (Å²) >= 11 is 0. The monoisotopic (exact) mass is 424 g/mol. The molecule has 0 spiro atoms. The number of aromatic nitrogens is 3. The zero-order chi connectivity index (χ0) is 22.7. The maximum absolute atomic E-state index is 13.6. The zero-order valence-electron chi connectivity index (χ0n) is 18.9. The molecule has 0 aliphatic rings. The van der Waals surface area contributed by atoms with Crippen molar-refractivity contribution in [3.8, 4) is 16.9 Å². The minimum absolute atomic E-state index is 0.180. The molecule has 0 fully saturated rings. The number of nitrogens with zero attached hydrogens (tertiary/aromatic N) is 3. The van der Waals surface area contributed by atoms with Crippen molar-refractivity contribution in [2.24, 2.45) is 0 Å². The van der Waals surface area contributed by atoms with Crippen LogP contribution < -0.4 is 5.32 Å². The minimum atomic E-state index is -0.180. The van der Waals surface area contributed by atoms with E-state index in [1.807, 2.05) is 42.5 Å². The molecule has 5 nitrogen and oxygen atoms in total. The van der Waals surface area contributed by atoms with Crippen molar-refractivity contribution in [2.45, 2.75) is 39.5 Å². The average molecular weight is 425 g/mol. The van der Waals surface area contributed by atoms with Crippen LogP contribution in [0.25, 0.3) is 16.9 Å². The lowest BCUT2D eigenvalue weighted by molar-refractivity contribution is 0.102. The molecule has 0 saturated carbocycles. The predicted molar refractivity (Wildman–Crippen MR) is 129 cm³/mol. The number of amides is 1. The van der Waals surface area contributed by atoms with Gasteiger partial charge in [-0.05, 0) is 47.2 Å². The molecule has 4 rings (SSSR count). The number of rotatable bonds is 6. The van der Waals surface area contributed by atoms with Crippen molar-refractivity contribution >= 4 is 11.6 Å². The number of carbonyl (C=O) groups is 1. The average Bonchev–Trinajstić information content (AvgIpc) is 3.26. The maximum atomic E-state index is 13.6. The highest BCUT2D eigenvalue weighted by Gasteiger charge is 2.22. The Morgan fingerprint density at radius 3 is 2.16 bits per heavy atom.